The summed E-state index contributed by atoms with van der Waals surface area (Å²) in [5.41, 5.74) is 1.97. The van der Waals surface area contributed by atoms with Crippen LogP contribution in [0.4, 0.5) is 0 Å². The van der Waals surface area contributed by atoms with Crippen LogP contribution in [0.1, 0.15) is 37.8 Å². The number of hydrogen-bond acceptors (Lipinski definition) is 4. The minimum Gasteiger partial charge on any atom is -0.381 e. The van der Waals surface area contributed by atoms with Crippen LogP contribution in [0.2, 0.25) is 0 Å². The lowest BCUT2D eigenvalue weighted by Crippen LogP contribution is -2.21. The van der Waals surface area contributed by atoms with Gasteiger partial charge < -0.3 is 10.1 Å². The van der Waals surface area contributed by atoms with Gasteiger partial charge in [0.25, 0.3) is 0 Å². The number of rotatable bonds is 5. The Morgan fingerprint density at radius 1 is 1.40 bits per heavy atom. The van der Waals surface area contributed by atoms with E-state index in [-0.39, 0.29) is 0 Å². The molecule has 1 fully saturated rings. The lowest BCUT2D eigenvalue weighted by molar-refractivity contribution is 0.100. The van der Waals surface area contributed by atoms with Gasteiger partial charge in [-0.3, -0.25) is 0 Å². The smallest absolute Gasteiger partial charge is 0.100 e. The summed E-state index contributed by atoms with van der Waals surface area (Å²) in [4.78, 5) is 1.10. The van der Waals surface area contributed by atoms with Crippen LogP contribution in [0, 0.1) is 11.3 Å². The molecule has 0 aromatic heterocycles. The molecule has 2 rings (SSSR count). The summed E-state index contributed by atoms with van der Waals surface area (Å²) in [6.07, 6.45) is 2.15. The third kappa shape index (κ3) is 4.52. The third-order valence-electron chi connectivity index (χ3n) is 3.34. The van der Waals surface area contributed by atoms with Gasteiger partial charge >= 0.3 is 0 Å². The van der Waals surface area contributed by atoms with Gasteiger partial charge in [-0.1, -0.05) is 19.9 Å². The molecule has 0 aliphatic carbocycles. The molecule has 0 saturated carbocycles. The van der Waals surface area contributed by atoms with E-state index in [9.17, 15) is 5.26 Å². The Balaban J connectivity index is 2.03. The van der Waals surface area contributed by atoms with Crippen LogP contribution >= 0.6 is 11.8 Å². The van der Waals surface area contributed by atoms with E-state index in [2.05, 4.69) is 37.4 Å². The van der Waals surface area contributed by atoms with E-state index in [4.69, 9.17) is 4.74 Å². The molecule has 108 valence electrons. The van der Waals surface area contributed by atoms with E-state index in [1.807, 2.05) is 17.8 Å². The van der Waals surface area contributed by atoms with Crippen LogP contribution in [0.5, 0.6) is 0 Å². The van der Waals surface area contributed by atoms with Gasteiger partial charge in [-0.2, -0.15) is 5.26 Å². The van der Waals surface area contributed by atoms with Crippen LogP contribution in [0.15, 0.2) is 23.1 Å². The van der Waals surface area contributed by atoms with Crippen molar-refractivity contribution in [2.24, 2.45) is 0 Å². The normalized spacial score (nSPS) is 16.3. The second-order valence-corrected chi connectivity index (χ2v) is 6.75. The minimum atomic E-state index is 0.455. The Morgan fingerprint density at radius 3 is 2.80 bits per heavy atom. The highest BCUT2D eigenvalue weighted by molar-refractivity contribution is 8.00. The summed E-state index contributed by atoms with van der Waals surface area (Å²) in [5, 5.41) is 13.3. The summed E-state index contributed by atoms with van der Waals surface area (Å²) in [6.45, 7) is 6.75. The zero-order valence-corrected chi connectivity index (χ0v) is 13.0. The number of benzene rings is 1. The minimum absolute atomic E-state index is 0.455. The molecule has 1 aliphatic heterocycles. The van der Waals surface area contributed by atoms with Crippen LogP contribution in [-0.2, 0) is 11.3 Å². The molecule has 0 radical (unpaired) electrons. The van der Waals surface area contributed by atoms with Crippen LogP contribution < -0.4 is 5.32 Å². The van der Waals surface area contributed by atoms with E-state index >= 15 is 0 Å². The SMILES string of the molecule is CC(C)NCc1ccc(SC2CCOCC2)c(C#N)c1. The molecule has 0 bridgehead atoms. The molecule has 1 aromatic rings. The van der Waals surface area contributed by atoms with Gasteiger partial charge in [0.1, 0.15) is 6.07 Å². The molecule has 0 amide bonds. The van der Waals surface area contributed by atoms with Gasteiger partial charge in [0.05, 0.1) is 5.56 Å². The van der Waals surface area contributed by atoms with Gasteiger partial charge in [0.2, 0.25) is 0 Å². The first kappa shape index (κ1) is 15.4. The number of nitrogens with zero attached hydrogens (tertiary/aromatic N) is 1. The topological polar surface area (TPSA) is 45.0 Å². The van der Waals surface area contributed by atoms with Crippen molar-refractivity contribution in [3.63, 3.8) is 0 Å². The highest BCUT2D eigenvalue weighted by atomic mass is 32.2. The molecule has 4 heteroatoms. The Hall–Kier alpha value is -1.02. The maximum absolute atomic E-state index is 9.34. The second-order valence-electron chi connectivity index (χ2n) is 5.41. The van der Waals surface area contributed by atoms with E-state index in [0.29, 0.717) is 11.3 Å². The van der Waals surface area contributed by atoms with Crippen LogP contribution in [0.3, 0.4) is 0 Å². The molecule has 1 aliphatic rings. The largest absolute Gasteiger partial charge is 0.381 e. The van der Waals surface area contributed by atoms with Crippen molar-refractivity contribution >= 4 is 11.8 Å². The van der Waals surface area contributed by atoms with Gasteiger partial charge in [0.15, 0.2) is 0 Å². The lowest BCUT2D eigenvalue weighted by atomic mass is 10.1. The predicted octanol–water partition coefficient (Wildman–Crippen LogP) is 3.33. The van der Waals surface area contributed by atoms with E-state index in [1.165, 1.54) is 5.56 Å². The lowest BCUT2D eigenvalue weighted by Gasteiger charge is -2.22. The van der Waals surface area contributed by atoms with Crippen LogP contribution in [0.25, 0.3) is 0 Å². The van der Waals surface area contributed by atoms with Crippen molar-refractivity contribution in [3.05, 3.63) is 29.3 Å². The Morgan fingerprint density at radius 2 is 2.15 bits per heavy atom. The molecule has 1 heterocycles. The van der Waals surface area contributed by atoms with Gasteiger partial charge in [0, 0.05) is 35.9 Å². The Bertz CT molecular complexity index is 476. The maximum atomic E-state index is 9.34. The zero-order valence-electron chi connectivity index (χ0n) is 12.2. The van der Waals surface area contributed by atoms with Crippen molar-refractivity contribution in [2.45, 2.75) is 49.4 Å². The number of ether oxygens (including phenoxy) is 1. The summed E-state index contributed by atoms with van der Waals surface area (Å²) >= 11 is 1.83. The fraction of sp³-hybridized carbons (Fsp3) is 0.562. The number of hydrogen-bond donors (Lipinski definition) is 1. The molecule has 1 saturated heterocycles. The summed E-state index contributed by atoms with van der Waals surface area (Å²) in [7, 11) is 0. The molecule has 1 aromatic carbocycles. The van der Waals surface area contributed by atoms with Crippen molar-refractivity contribution in [2.75, 3.05) is 13.2 Å². The van der Waals surface area contributed by atoms with Crippen molar-refractivity contribution < 1.29 is 4.74 Å². The molecule has 1 N–H and O–H groups in total. The van der Waals surface area contributed by atoms with Gasteiger partial charge in [-0.05, 0) is 30.5 Å². The zero-order chi connectivity index (χ0) is 14.4. The third-order valence-corrected chi connectivity index (χ3v) is 4.76. The average molecular weight is 290 g/mol. The quantitative estimate of drug-likeness (QED) is 0.903. The molecule has 20 heavy (non-hydrogen) atoms. The highest BCUT2D eigenvalue weighted by Gasteiger charge is 2.16. The maximum Gasteiger partial charge on any atom is 0.100 e. The molecule has 0 spiro atoms. The van der Waals surface area contributed by atoms with Crippen LogP contribution in [-0.4, -0.2) is 24.5 Å². The Labute approximate surface area is 125 Å². The number of nitrogens with one attached hydrogen (secondary N) is 1. The fourth-order valence-electron chi connectivity index (χ4n) is 2.17. The highest BCUT2D eigenvalue weighted by Crippen LogP contribution is 2.32. The monoisotopic (exact) mass is 290 g/mol. The molecule has 0 atom stereocenters. The first-order chi connectivity index (χ1) is 9.69. The molecular formula is C16H22N2OS. The van der Waals surface area contributed by atoms with E-state index in [1.54, 1.807) is 0 Å². The number of nitriles is 1. The van der Waals surface area contributed by atoms with Gasteiger partial charge in [-0.15, -0.1) is 11.8 Å². The average Bonchev–Trinajstić information content (AvgIpc) is 2.47. The number of thioether (sulfide) groups is 1. The van der Waals surface area contributed by atoms with Crippen molar-refractivity contribution in [3.8, 4) is 6.07 Å². The van der Waals surface area contributed by atoms with E-state index in [0.717, 1.165) is 43.1 Å². The molecular weight excluding hydrogens is 268 g/mol. The predicted molar refractivity (Wildman–Crippen MR) is 82.8 cm³/mol. The first-order valence-electron chi connectivity index (χ1n) is 7.20. The summed E-state index contributed by atoms with van der Waals surface area (Å²) in [6, 6.07) is 9.02. The van der Waals surface area contributed by atoms with Crippen molar-refractivity contribution in [1.82, 2.24) is 5.32 Å². The van der Waals surface area contributed by atoms with E-state index < -0.39 is 0 Å². The standard InChI is InChI=1S/C16H22N2OS/c1-12(2)18-11-13-3-4-16(14(9-13)10-17)20-15-5-7-19-8-6-15/h3-4,9,12,15,18H,5-8,11H2,1-2H3. The summed E-state index contributed by atoms with van der Waals surface area (Å²) in [5.74, 6) is 0. The van der Waals surface area contributed by atoms with Gasteiger partial charge in [-0.25, -0.2) is 0 Å². The van der Waals surface area contributed by atoms with Crippen molar-refractivity contribution in [1.29, 1.82) is 5.26 Å². The summed E-state index contributed by atoms with van der Waals surface area (Å²) < 4.78 is 5.38. The molecule has 0 unspecified atom stereocenters. The molecule has 3 nitrogen and oxygen atoms in total. The Kier molecular flexibility index (Phi) is 5.90. The fourth-order valence-corrected chi connectivity index (χ4v) is 3.34. The second kappa shape index (κ2) is 7.68. The first-order valence-corrected chi connectivity index (χ1v) is 8.08.